The number of hydrogen-bond acceptors (Lipinski definition) is 5. The first kappa shape index (κ1) is 18.2. The standard InChI is InChI=1S/C16H20N4O5/c1-16(2,3)25-15(22)13-6-10(8-18(13)4)17-14(21)12-7-11(20(23)24)9-19(12)5/h6-9H,1-5H3,(H,17,21). The largest absolute Gasteiger partial charge is 0.455 e. The Morgan fingerprint density at radius 2 is 1.72 bits per heavy atom. The molecule has 0 atom stereocenters. The lowest BCUT2D eigenvalue weighted by Gasteiger charge is -2.19. The predicted molar refractivity (Wildman–Crippen MR) is 90.6 cm³/mol. The minimum atomic E-state index is -0.632. The number of carbonyl (C=O) groups is 2. The molecule has 0 fully saturated rings. The van der Waals surface area contributed by atoms with Gasteiger partial charge in [-0.25, -0.2) is 4.79 Å². The Kier molecular flexibility index (Phi) is 4.69. The van der Waals surface area contributed by atoms with Gasteiger partial charge in [-0.2, -0.15) is 0 Å². The van der Waals surface area contributed by atoms with E-state index in [-0.39, 0.29) is 17.1 Å². The van der Waals surface area contributed by atoms with Crippen molar-refractivity contribution in [1.29, 1.82) is 0 Å². The van der Waals surface area contributed by atoms with Crippen LogP contribution >= 0.6 is 0 Å². The molecule has 9 nitrogen and oxygen atoms in total. The van der Waals surface area contributed by atoms with E-state index in [4.69, 9.17) is 4.74 Å². The molecule has 0 aromatic carbocycles. The van der Waals surface area contributed by atoms with Gasteiger partial charge in [-0.15, -0.1) is 0 Å². The number of hydrogen-bond donors (Lipinski definition) is 1. The second-order valence-electron chi connectivity index (χ2n) is 6.63. The molecule has 2 aromatic rings. The number of aryl methyl sites for hydroxylation is 2. The van der Waals surface area contributed by atoms with Gasteiger partial charge in [0.25, 0.3) is 11.6 Å². The molecule has 1 N–H and O–H groups in total. The molecular formula is C16H20N4O5. The van der Waals surface area contributed by atoms with Gasteiger partial charge < -0.3 is 19.2 Å². The molecule has 0 unspecified atom stereocenters. The number of carbonyl (C=O) groups excluding carboxylic acids is 2. The Morgan fingerprint density at radius 3 is 2.24 bits per heavy atom. The number of aromatic nitrogens is 2. The summed E-state index contributed by atoms with van der Waals surface area (Å²) in [5.74, 6) is -1.03. The summed E-state index contributed by atoms with van der Waals surface area (Å²) >= 11 is 0. The van der Waals surface area contributed by atoms with Crippen LogP contribution in [-0.2, 0) is 18.8 Å². The van der Waals surface area contributed by atoms with Crippen LogP contribution in [-0.4, -0.2) is 31.5 Å². The van der Waals surface area contributed by atoms with Crippen LogP contribution < -0.4 is 5.32 Å². The highest BCUT2D eigenvalue weighted by molar-refractivity contribution is 6.04. The Bertz CT molecular complexity index is 841. The molecule has 0 aliphatic rings. The number of nitrogens with zero attached hydrogens (tertiary/aromatic N) is 3. The number of nitro groups is 1. The molecule has 0 aliphatic heterocycles. The lowest BCUT2D eigenvalue weighted by atomic mass is 10.2. The van der Waals surface area contributed by atoms with E-state index >= 15 is 0 Å². The Hall–Kier alpha value is -3.10. The highest BCUT2D eigenvalue weighted by atomic mass is 16.6. The molecule has 0 bridgehead atoms. The van der Waals surface area contributed by atoms with E-state index in [9.17, 15) is 19.7 Å². The van der Waals surface area contributed by atoms with Crippen molar-refractivity contribution in [2.75, 3.05) is 5.32 Å². The summed E-state index contributed by atoms with van der Waals surface area (Å²) in [4.78, 5) is 34.7. The van der Waals surface area contributed by atoms with Gasteiger partial charge in [0.2, 0.25) is 0 Å². The van der Waals surface area contributed by atoms with Gasteiger partial charge in [0.1, 0.15) is 17.0 Å². The SMILES string of the molecule is Cn1cc([N+](=O)[O-])cc1C(=O)Nc1cc(C(=O)OC(C)(C)C)n(C)c1. The highest BCUT2D eigenvalue weighted by Crippen LogP contribution is 2.20. The van der Waals surface area contributed by atoms with Gasteiger partial charge in [0, 0.05) is 26.4 Å². The first-order valence-corrected chi connectivity index (χ1v) is 7.50. The molecule has 25 heavy (non-hydrogen) atoms. The highest BCUT2D eigenvalue weighted by Gasteiger charge is 2.22. The minimum absolute atomic E-state index is 0.134. The van der Waals surface area contributed by atoms with Crippen molar-refractivity contribution in [1.82, 2.24) is 9.13 Å². The van der Waals surface area contributed by atoms with Crippen LogP contribution in [0.25, 0.3) is 0 Å². The molecule has 9 heteroatoms. The third-order valence-electron chi connectivity index (χ3n) is 3.30. The number of rotatable bonds is 4. The summed E-state index contributed by atoms with van der Waals surface area (Å²) in [6.07, 6.45) is 2.82. The molecule has 0 spiro atoms. The van der Waals surface area contributed by atoms with E-state index < -0.39 is 22.4 Å². The van der Waals surface area contributed by atoms with Gasteiger partial charge in [0.05, 0.1) is 16.8 Å². The van der Waals surface area contributed by atoms with Gasteiger partial charge in [-0.3, -0.25) is 14.9 Å². The molecular weight excluding hydrogens is 328 g/mol. The number of anilines is 1. The molecule has 2 aromatic heterocycles. The van der Waals surface area contributed by atoms with E-state index in [1.54, 1.807) is 41.1 Å². The van der Waals surface area contributed by atoms with Crippen LogP contribution in [0.15, 0.2) is 24.5 Å². The zero-order valence-electron chi connectivity index (χ0n) is 14.7. The fraction of sp³-hybridized carbons (Fsp3) is 0.375. The summed E-state index contributed by atoms with van der Waals surface area (Å²) in [7, 11) is 3.20. The molecule has 0 radical (unpaired) electrons. The summed E-state index contributed by atoms with van der Waals surface area (Å²) in [6, 6.07) is 2.68. The second kappa shape index (κ2) is 6.42. The molecule has 2 rings (SSSR count). The second-order valence-corrected chi connectivity index (χ2v) is 6.63. The average Bonchev–Trinajstić information content (AvgIpc) is 3.00. The summed E-state index contributed by atoms with van der Waals surface area (Å²) in [5, 5.41) is 13.4. The minimum Gasteiger partial charge on any atom is -0.455 e. The maximum atomic E-state index is 12.3. The monoisotopic (exact) mass is 348 g/mol. The topological polar surface area (TPSA) is 108 Å². The Morgan fingerprint density at radius 1 is 1.12 bits per heavy atom. The number of nitrogens with one attached hydrogen (secondary N) is 1. The van der Waals surface area contributed by atoms with Crippen molar-refractivity contribution in [2.24, 2.45) is 14.1 Å². The van der Waals surface area contributed by atoms with Crippen LogP contribution in [0.2, 0.25) is 0 Å². The van der Waals surface area contributed by atoms with Crippen molar-refractivity contribution in [3.8, 4) is 0 Å². The van der Waals surface area contributed by atoms with Crippen LogP contribution in [0.3, 0.4) is 0 Å². The molecule has 1 amide bonds. The predicted octanol–water partition coefficient (Wildman–Crippen LogP) is 2.48. The molecule has 0 saturated carbocycles. The van der Waals surface area contributed by atoms with Gasteiger partial charge in [-0.05, 0) is 26.8 Å². The fourth-order valence-electron chi connectivity index (χ4n) is 2.23. The summed E-state index contributed by atoms with van der Waals surface area (Å²) < 4.78 is 8.21. The number of ether oxygens (including phenoxy) is 1. The molecule has 0 saturated heterocycles. The molecule has 2 heterocycles. The number of esters is 1. The van der Waals surface area contributed by atoms with Crippen LogP contribution in [0.5, 0.6) is 0 Å². The van der Waals surface area contributed by atoms with E-state index in [0.717, 1.165) is 0 Å². The van der Waals surface area contributed by atoms with Crippen molar-refractivity contribution in [3.63, 3.8) is 0 Å². The summed E-state index contributed by atoms with van der Waals surface area (Å²) in [6.45, 7) is 5.29. The van der Waals surface area contributed by atoms with Crippen LogP contribution in [0.4, 0.5) is 11.4 Å². The Balaban J connectivity index is 2.19. The fourth-order valence-corrected chi connectivity index (χ4v) is 2.23. The first-order chi connectivity index (χ1) is 11.5. The normalized spacial score (nSPS) is 11.2. The van der Waals surface area contributed by atoms with E-state index in [1.165, 1.54) is 27.5 Å². The van der Waals surface area contributed by atoms with E-state index in [0.29, 0.717) is 5.69 Å². The lowest BCUT2D eigenvalue weighted by Crippen LogP contribution is -2.25. The van der Waals surface area contributed by atoms with Gasteiger partial charge in [0.15, 0.2) is 0 Å². The van der Waals surface area contributed by atoms with Crippen molar-refractivity contribution < 1.29 is 19.2 Å². The molecule has 0 aliphatic carbocycles. The maximum absolute atomic E-state index is 12.3. The van der Waals surface area contributed by atoms with Gasteiger partial charge >= 0.3 is 5.97 Å². The smallest absolute Gasteiger partial charge is 0.355 e. The van der Waals surface area contributed by atoms with Gasteiger partial charge in [-0.1, -0.05) is 0 Å². The van der Waals surface area contributed by atoms with Crippen LogP contribution in [0.1, 0.15) is 41.7 Å². The average molecular weight is 348 g/mol. The maximum Gasteiger partial charge on any atom is 0.355 e. The van der Waals surface area contributed by atoms with Crippen molar-refractivity contribution in [3.05, 3.63) is 46.0 Å². The van der Waals surface area contributed by atoms with Crippen molar-refractivity contribution >= 4 is 23.3 Å². The van der Waals surface area contributed by atoms with E-state index in [1.807, 2.05) is 0 Å². The third-order valence-corrected chi connectivity index (χ3v) is 3.30. The summed E-state index contributed by atoms with van der Waals surface area (Å²) in [5.41, 5.74) is -0.00273. The molecule has 134 valence electrons. The van der Waals surface area contributed by atoms with E-state index in [2.05, 4.69) is 5.32 Å². The zero-order chi connectivity index (χ0) is 18.9. The van der Waals surface area contributed by atoms with Crippen molar-refractivity contribution in [2.45, 2.75) is 26.4 Å². The zero-order valence-corrected chi connectivity index (χ0v) is 14.7. The Labute approximate surface area is 144 Å². The lowest BCUT2D eigenvalue weighted by molar-refractivity contribution is -0.384. The third kappa shape index (κ3) is 4.25. The number of amides is 1. The quantitative estimate of drug-likeness (QED) is 0.519. The first-order valence-electron chi connectivity index (χ1n) is 7.50. The van der Waals surface area contributed by atoms with Crippen LogP contribution in [0, 0.1) is 10.1 Å².